The quantitative estimate of drug-likeness (QED) is 0.465. The van der Waals surface area contributed by atoms with Crippen LogP contribution >= 0.6 is 0 Å². The Kier molecular flexibility index (Phi) is 6.83. The smallest absolute Gasteiger partial charge is 0.225 e. The van der Waals surface area contributed by atoms with Crippen LogP contribution in [0.2, 0.25) is 0 Å². The van der Waals surface area contributed by atoms with Crippen LogP contribution in [0.1, 0.15) is 75.1 Å². The molecule has 10 nitrogen and oxygen atoms in total. The molecular weight excluding hydrogens is 420 g/mol. The number of aromatic amines is 1. The van der Waals surface area contributed by atoms with Crippen molar-refractivity contribution < 1.29 is 9.26 Å². The van der Waals surface area contributed by atoms with Crippen LogP contribution in [0.3, 0.4) is 0 Å². The molecule has 10 heteroatoms. The third kappa shape index (κ3) is 5.62. The van der Waals surface area contributed by atoms with Crippen molar-refractivity contribution in [3.63, 3.8) is 0 Å². The van der Waals surface area contributed by atoms with Gasteiger partial charge in [0.1, 0.15) is 17.7 Å². The first kappa shape index (κ1) is 23.0. The van der Waals surface area contributed by atoms with Gasteiger partial charge in [-0.1, -0.05) is 32.9 Å². The summed E-state index contributed by atoms with van der Waals surface area (Å²) in [5.41, 5.74) is 8.78. The van der Waals surface area contributed by atoms with Crippen molar-refractivity contribution in [3.8, 4) is 5.88 Å². The maximum atomic E-state index is 6.38. The van der Waals surface area contributed by atoms with Crippen molar-refractivity contribution in [2.75, 3.05) is 31.2 Å². The lowest BCUT2D eigenvalue weighted by Gasteiger charge is -2.30. The topological polar surface area (TPSA) is 131 Å². The Bertz CT molecular complexity index is 1070. The molecule has 1 unspecified atom stereocenters. The summed E-state index contributed by atoms with van der Waals surface area (Å²) < 4.78 is 12.0. The van der Waals surface area contributed by atoms with Crippen LogP contribution < -0.4 is 15.8 Å². The van der Waals surface area contributed by atoms with Crippen LogP contribution in [-0.2, 0) is 6.42 Å². The minimum Gasteiger partial charge on any atom is -0.473 e. The van der Waals surface area contributed by atoms with E-state index in [-0.39, 0.29) is 18.0 Å². The van der Waals surface area contributed by atoms with Gasteiger partial charge >= 0.3 is 0 Å². The summed E-state index contributed by atoms with van der Waals surface area (Å²) in [5, 5.41) is 14.9. The van der Waals surface area contributed by atoms with Gasteiger partial charge in [0, 0.05) is 30.8 Å². The largest absolute Gasteiger partial charge is 0.473 e. The third-order valence-electron chi connectivity index (χ3n) is 5.83. The van der Waals surface area contributed by atoms with Crippen molar-refractivity contribution in [1.29, 1.82) is 0 Å². The van der Waals surface area contributed by atoms with Gasteiger partial charge in [0.25, 0.3) is 0 Å². The first-order valence-corrected chi connectivity index (χ1v) is 11.6. The van der Waals surface area contributed by atoms with E-state index in [2.05, 4.69) is 70.3 Å². The monoisotopic (exact) mass is 454 g/mol. The number of aromatic nitrogens is 5. The van der Waals surface area contributed by atoms with E-state index in [0.29, 0.717) is 35.6 Å². The number of nitrogens with one attached hydrogen (secondary N) is 2. The van der Waals surface area contributed by atoms with Crippen molar-refractivity contribution in [2.45, 2.75) is 64.9 Å². The maximum Gasteiger partial charge on any atom is 0.225 e. The van der Waals surface area contributed by atoms with E-state index < -0.39 is 0 Å². The molecule has 0 aliphatic carbocycles. The second kappa shape index (κ2) is 9.78. The number of hydrogen-bond donors (Lipinski definition) is 3. The zero-order valence-electron chi connectivity index (χ0n) is 20.1. The molecule has 0 radical (unpaired) electrons. The van der Waals surface area contributed by atoms with Crippen LogP contribution in [-0.4, -0.2) is 56.5 Å². The molecule has 1 fully saturated rings. The molecule has 0 aromatic carbocycles. The van der Waals surface area contributed by atoms with Crippen LogP contribution in [0.15, 0.2) is 16.7 Å². The van der Waals surface area contributed by atoms with Gasteiger partial charge in [0.15, 0.2) is 5.82 Å². The Morgan fingerprint density at radius 3 is 2.73 bits per heavy atom. The fourth-order valence-electron chi connectivity index (χ4n) is 3.89. The molecule has 4 N–H and O–H groups in total. The van der Waals surface area contributed by atoms with Crippen LogP contribution in [0.25, 0.3) is 0 Å². The number of rotatable bonds is 8. The van der Waals surface area contributed by atoms with Gasteiger partial charge in [-0.3, -0.25) is 5.10 Å². The van der Waals surface area contributed by atoms with E-state index in [1.54, 1.807) is 0 Å². The molecule has 3 aromatic heterocycles. The number of nitrogen functional groups attached to an aromatic ring is 1. The minimum atomic E-state index is 0.0310. The summed E-state index contributed by atoms with van der Waals surface area (Å²) in [7, 11) is 2.10. The highest BCUT2D eigenvalue weighted by Crippen LogP contribution is 2.32. The van der Waals surface area contributed by atoms with Gasteiger partial charge in [0.2, 0.25) is 11.8 Å². The number of piperidine rings is 1. The molecule has 1 saturated heterocycles. The molecule has 0 amide bonds. The van der Waals surface area contributed by atoms with E-state index in [1.807, 2.05) is 12.1 Å². The van der Waals surface area contributed by atoms with E-state index in [1.165, 1.54) is 0 Å². The van der Waals surface area contributed by atoms with Crippen LogP contribution in [0.5, 0.6) is 5.88 Å². The molecule has 0 bridgehead atoms. The highest BCUT2D eigenvalue weighted by atomic mass is 16.5. The average Bonchev–Trinajstić information content (AvgIpc) is 3.40. The summed E-state index contributed by atoms with van der Waals surface area (Å²) in [6, 6.07) is 3.93. The van der Waals surface area contributed by atoms with Gasteiger partial charge < -0.3 is 25.2 Å². The Balaban J connectivity index is 1.68. The number of nitrogens with two attached hydrogens (primary N) is 1. The lowest BCUT2D eigenvalue weighted by atomic mass is 10.1. The zero-order chi connectivity index (χ0) is 23.5. The predicted octanol–water partition coefficient (Wildman–Crippen LogP) is 3.82. The van der Waals surface area contributed by atoms with Gasteiger partial charge in [-0.05, 0) is 38.3 Å². The van der Waals surface area contributed by atoms with Gasteiger partial charge in [0.05, 0.1) is 11.3 Å². The molecular formula is C23H34N8O2. The lowest BCUT2D eigenvalue weighted by Crippen LogP contribution is -2.39. The standard InChI is InChI=1S/C23H34N8O2/c1-13(2)18-11-20(29-28-18)25-21-17(9-16-10-19(14(3)4)30-33-16)22(27-23(24)26-21)32-15-7-6-8-31(5)12-15/h10-11,13-15H,6-9,12H2,1-5H3,(H4,24,25,26,27,28,29). The number of hydrogen-bond acceptors (Lipinski definition) is 9. The van der Waals surface area contributed by atoms with Crippen LogP contribution in [0, 0.1) is 0 Å². The summed E-state index contributed by atoms with van der Waals surface area (Å²) in [4.78, 5) is 11.2. The van der Waals surface area contributed by atoms with Crippen LogP contribution in [0.4, 0.5) is 17.6 Å². The number of nitrogens with zero attached hydrogens (tertiary/aromatic N) is 5. The minimum absolute atomic E-state index is 0.0310. The molecule has 1 aliphatic heterocycles. The van der Waals surface area contributed by atoms with Crippen molar-refractivity contribution in [1.82, 2.24) is 30.2 Å². The third-order valence-corrected chi connectivity index (χ3v) is 5.83. The number of likely N-dealkylation sites (tertiary alicyclic amines) is 1. The highest BCUT2D eigenvalue weighted by molar-refractivity contribution is 5.61. The molecule has 33 heavy (non-hydrogen) atoms. The van der Waals surface area contributed by atoms with E-state index in [9.17, 15) is 0 Å². The number of likely N-dealkylation sites (N-methyl/N-ethyl adjacent to an activating group) is 1. The normalized spacial score (nSPS) is 17.1. The van der Waals surface area contributed by atoms with Crippen molar-refractivity contribution in [2.24, 2.45) is 0 Å². The molecule has 4 rings (SSSR count). The van der Waals surface area contributed by atoms with Crippen molar-refractivity contribution in [3.05, 3.63) is 34.8 Å². The molecule has 0 saturated carbocycles. The first-order valence-electron chi connectivity index (χ1n) is 11.6. The summed E-state index contributed by atoms with van der Waals surface area (Å²) in [6.45, 7) is 10.3. The number of H-pyrrole nitrogens is 1. The van der Waals surface area contributed by atoms with E-state index in [4.69, 9.17) is 15.0 Å². The molecule has 0 spiro atoms. The Labute approximate surface area is 194 Å². The molecule has 1 atom stereocenters. The summed E-state index contributed by atoms with van der Waals surface area (Å²) in [5.74, 6) is 3.12. The molecule has 178 valence electrons. The Morgan fingerprint density at radius 2 is 2.06 bits per heavy atom. The van der Waals surface area contributed by atoms with E-state index in [0.717, 1.165) is 42.9 Å². The predicted molar refractivity (Wildman–Crippen MR) is 127 cm³/mol. The van der Waals surface area contributed by atoms with E-state index >= 15 is 0 Å². The maximum absolute atomic E-state index is 6.38. The number of anilines is 3. The molecule has 4 heterocycles. The van der Waals surface area contributed by atoms with Crippen molar-refractivity contribution >= 4 is 17.6 Å². The van der Waals surface area contributed by atoms with Gasteiger partial charge in [-0.15, -0.1) is 0 Å². The SMILES string of the molecule is CC(C)c1cc(Cc2c(Nc3cc(C(C)C)[nH]n3)nc(N)nc2OC2CCCN(C)C2)on1. The lowest BCUT2D eigenvalue weighted by molar-refractivity contribution is 0.0991. The second-order valence-corrected chi connectivity index (χ2v) is 9.40. The highest BCUT2D eigenvalue weighted by Gasteiger charge is 2.24. The molecule has 1 aliphatic rings. The summed E-state index contributed by atoms with van der Waals surface area (Å²) in [6.07, 6.45) is 2.49. The first-order chi connectivity index (χ1) is 15.8. The molecule has 3 aromatic rings. The Morgan fingerprint density at radius 1 is 1.24 bits per heavy atom. The number of ether oxygens (including phenoxy) is 1. The van der Waals surface area contributed by atoms with Gasteiger partial charge in [-0.2, -0.15) is 15.1 Å². The van der Waals surface area contributed by atoms with Gasteiger partial charge in [-0.25, -0.2) is 0 Å². The fraction of sp³-hybridized carbons (Fsp3) is 0.565. The fourth-order valence-corrected chi connectivity index (χ4v) is 3.89. The second-order valence-electron chi connectivity index (χ2n) is 9.40. The average molecular weight is 455 g/mol. The summed E-state index contributed by atoms with van der Waals surface area (Å²) >= 11 is 0. The zero-order valence-corrected chi connectivity index (χ0v) is 20.1. The Hall–Kier alpha value is -3.14.